The lowest BCUT2D eigenvalue weighted by atomic mass is 9.97. The van der Waals surface area contributed by atoms with E-state index in [9.17, 15) is 13.2 Å². The van der Waals surface area contributed by atoms with Crippen LogP contribution in [-0.4, -0.2) is 26.3 Å². The Morgan fingerprint density at radius 1 is 0.944 bits per heavy atom. The van der Waals surface area contributed by atoms with Gasteiger partial charge in [-0.2, -0.15) is 18.3 Å². The molecule has 0 unspecified atom stereocenters. The van der Waals surface area contributed by atoms with E-state index in [0.717, 1.165) is 59.4 Å². The summed E-state index contributed by atoms with van der Waals surface area (Å²) in [6.45, 7) is 11.8. The Labute approximate surface area is 208 Å². The number of hydrogen-bond acceptors (Lipinski definition) is 5. The number of fused-ring (bicyclic) bond motifs is 2. The highest BCUT2D eigenvalue weighted by Crippen LogP contribution is 2.36. The van der Waals surface area contributed by atoms with Crippen molar-refractivity contribution in [2.45, 2.75) is 59.9 Å². The Morgan fingerprint density at radius 3 is 2.47 bits per heavy atom. The van der Waals surface area contributed by atoms with Gasteiger partial charge in [0.05, 0.1) is 35.2 Å². The van der Waals surface area contributed by atoms with Crippen molar-refractivity contribution in [2.75, 3.05) is 16.8 Å². The number of rotatable bonds is 4. The predicted octanol–water partition coefficient (Wildman–Crippen LogP) is 6.27. The molecule has 36 heavy (non-hydrogen) atoms. The Bertz CT molecular complexity index is 1460. The first-order valence-corrected chi connectivity index (χ1v) is 12.0. The predicted molar refractivity (Wildman–Crippen MR) is 135 cm³/mol. The van der Waals surface area contributed by atoms with E-state index < -0.39 is 17.8 Å². The number of benzene rings is 2. The van der Waals surface area contributed by atoms with Crippen molar-refractivity contribution in [3.63, 3.8) is 0 Å². The van der Waals surface area contributed by atoms with Gasteiger partial charge in [0.2, 0.25) is 0 Å². The number of imidazole rings is 1. The number of nitrogens with zero attached hydrogens (tertiary/aromatic N) is 5. The van der Waals surface area contributed by atoms with Crippen LogP contribution in [0.25, 0.3) is 10.8 Å². The summed E-state index contributed by atoms with van der Waals surface area (Å²) in [7, 11) is 0. The second-order valence-electron chi connectivity index (χ2n) is 9.51. The number of aryl methyl sites for hydroxylation is 3. The molecule has 188 valence electrons. The first kappa shape index (κ1) is 24.1. The molecule has 0 saturated heterocycles. The van der Waals surface area contributed by atoms with Crippen molar-refractivity contribution in [3.05, 3.63) is 76.0 Å². The van der Waals surface area contributed by atoms with Crippen LogP contribution in [0.3, 0.4) is 0 Å². The standard InChI is InChI=1S/C27H29F3N6/c1-15-21(7-6-8-24(15)27(28,29)30)16(2)32-26-23-13-20(9-10-22(23)17(3)33-34-26)35-11-12-36-19(5)31-18(4)25(36)14-35/h6-10,13,16H,11-12,14H2,1-5H3,(H,32,34)/t16-/m1/s1. The van der Waals surface area contributed by atoms with Crippen LogP contribution in [0, 0.1) is 27.7 Å². The van der Waals surface area contributed by atoms with Crippen LogP contribution in [0.1, 0.15) is 52.6 Å². The average molecular weight is 495 g/mol. The van der Waals surface area contributed by atoms with Crippen LogP contribution in [-0.2, 0) is 19.3 Å². The lowest BCUT2D eigenvalue weighted by Crippen LogP contribution is -2.34. The molecule has 9 heteroatoms. The van der Waals surface area contributed by atoms with Crippen LogP contribution in [0.4, 0.5) is 24.7 Å². The van der Waals surface area contributed by atoms with Crippen LogP contribution in [0.2, 0.25) is 0 Å². The molecule has 0 saturated carbocycles. The van der Waals surface area contributed by atoms with Gasteiger partial charge < -0.3 is 14.8 Å². The molecule has 1 aliphatic heterocycles. The van der Waals surface area contributed by atoms with Crippen molar-refractivity contribution in [1.82, 2.24) is 19.7 Å². The first-order valence-electron chi connectivity index (χ1n) is 12.0. The van der Waals surface area contributed by atoms with Crippen molar-refractivity contribution in [1.29, 1.82) is 0 Å². The van der Waals surface area contributed by atoms with E-state index in [1.165, 1.54) is 18.7 Å². The number of anilines is 2. The van der Waals surface area contributed by atoms with Gasteiger partial charge in [-0.25, -0.2) is 4.98 Å². The van der Waals surface area contributed by atoms with Gasteiger partial charge in [-0.05, 0) is 63.9 Å². The average Bonchev–Trinajstić information content (AvgIpc) is 3.12. The van der Waals surface area contributed by atoms with E-state index in [0.29, 0.717) is 11.4 Å². The van der Waals surface area contributed by atoms with Gasteiger partial charge in [0.25, 0.3) is 0 Å². The van der Waals surface area contributed by atoms with Crippen molar-refractivity contribution in [3.8, 4) is 0 Å². The molecule has 5 rings (SSSR count). The molecule has 2 aromatic carbocycles. The number of aromatic nitrogens is 4. The van der Waals surface area contributed by atoms with Crippen LogP contribution in [0.15, 0.2) is 36.4 Å². The van der Waals surface area contributed by atoms with Gasteiger partial charge in [-0.3, -0.25) is 0 Å². The maximum absolute atomic E-state index is 13.5. The Kier molecular flexibility index (Phi) is 5.89. The molecule has 2 aromatic heterocycles. The molecule has 0 fully saturated rings. The highest BCUT2D eigenvalue weighted by molar-refractivity contribution is 5.95. The van der Waals surface area contributed by atoms with Gasteiger partial charge in [-0.15, -0.1) is 5.10 Å². The SMILES string of the molecule is Cc1nc(C)n2c1CN(c1ccc3c(C)nnc(N[C@H](C)c4cccc(C(F)(F)F)c4C)c3c1)CC2. The fraction of sp³-hybridized carbons (Fsp3) is 0.370. The quantitative estimate of drug-likeness (QED) is 0.362. The molecule has 4 aromatic rings. The van der Waals surface area contributed by atoms with Crippen LogP contribution >= 0.6 is 0 Å². The number of halogens is 3. The van der Waals surface area contributed by atoms with Gasteiger partial charge in [0.1, 0.15) is 5.82 Å². The third-order valence-electron chi connectivity index (χ3n) is 7.21. The third kappa shape index (κ3) is 4.16. The lowest BCUT2D eigenvalue weighted by Gasteiger charge is -2.31. The molecular formula is C27H29F3N6. The summed E-state index contributed by atoms with van der Waals surface area (Å²) in [5.74, 6) is 1.59. The maximum Gasteiger partial charge on any atom is 0.416 e. The molecule has 6 nitrogen and oxygen atoms in total. The largest absolute Gasteiger partial charge is 0.416 e. The second kappa shape index (κ2) is 8.80. The second-order valence-corrected chi connectivity index (χ2v) is 9.51. The molecule has 0 aliphatic carbocycles. The number of alkyl halides is 3. The van der Waals surface area contributed by atoms with Crippen molar-refractivity contribution < 1.29 is 13.2 Å². The maximum atomic E-state index is 13.5. The summed E-state index contributed by atoms with van der Waals surface area (Å²) in [6.07, 6.45) is -4.40. The summed E-state index contributed by atoms with van der Waals surface area (Å²) >= 11 is 0. The van der Waals surface area contributed by atoms with E-state index >= 15 is 0 Å². The van der Waals surface area contributed by atoms with Crippen molar-refractivity contribution >= 4 is 22.3 Å². The molecule has 1 atom stereocenters. The molecule has 0 spiro atoms. The van der Waals surface area contributed by atoms with Gasteiger partial charge in [0.15, 0.2) is 5.82 Å². The van der Waals surface area contributed by atoms with Crippen LogP contribution in [0.5, 0.6) is 0 Å². The number of nitrogens with one attached hydrogen (secondary N) is 1. The van der Waals surface area contributed by atoms with E-state index in [1.54, 1.807) is 6.07 Å². The molecule has 1 aliphatic rings. The molecule has 0 bridgehead atoms. The highest BCUT2D eigenvalue weighted by Gasteiger charge is 2.33. The highest BCUT2D eigenvalue weighted by atomic mass is 19.4. The summed E-state index contributed by atoms with van der Waals surface area (Å²) in [5, 5.41) is 13.9. The first-order chi connectivity index (χ1) is 17.0. The molecule has 1 N–H and O–H groups in total. The summed E-state index contributed by atoms with van der Waals surface area (Å²) < 4.78 is 42.6. The topological polar surface area (TPSA) is 58.9 Å². The fourth-order valence-corrected chi connectivity index (χ4v) is 5.25. The van der Waals surface area contributed by atoms with E-state index in [2.05, 4.69) is 42.1 Å². The van der Waals surface area contributed by atoms with E-state index in [1.807, 2.05) is 33.8 Å². The zero-order valence-electron chi connectivity index (χ0n) is 21.0. The molecular weight excluding hydrogens is 465 g/mol. The fourth-order valence-electron chi connectivity index (χ4n) is 5.25. The monoisotopic (exact) mass is 494 g/mol. The number of hydrogen-bond donors (Lipinski definition) is 1. The minimum absolute atomic E-state index is 0.214. The van der Waals surface area contributed by atoms with Gasteiger partial charge in [0, 0.05) is 29.5 Å². The summed E-state index contributed by atoms with van der Waals surface area (Å²) in [5.41, 5.74) is 4.30. The van der Waals surface area contributed by atoms with Gasteiger partial charge in [-0.1, -0.05) is 18.2 Å². The Morgan fingerprint density at radius 2 is 1.72 bits per heavy atom. The van der Waals surface area contributed by atoms with Gasteiger partial charge >= 0.3 is 6.18 Å². The molecule has 0 radical (unpaired) electrons. The summed E-state index contributed by atoms with van der Waals surface area (Å²) in [6, 6.07) is 10.1. The lowest BCUT2D eigenvalue weighted by molar-refractivity contribution is -0.138. The normalized spacial score (nSPS) is 14.7. The minimum atomic E-state index is -4.40. The zero-order chi connectivity index (χ0) is 25.8. The minimum Gasteiger partial charge on any atom is -0.364 e. The zero-order valence-corrected chi connectivity index (χ0v) is 21.0. The van der Waals surface area contributed by atoms with Crippen molar-refractivity contribution in [2.24, 2.45) is 0 Å². The van der Waals surface area contributed by atoms with E-state index in [4.69, 9.17) is 0 Å². The van der Waals surface area contributed by atoms with Crippen LogP contribution < -0.4 is 10.2 Å². The molecule has 3 heterocycles. The Balaban J connectivity index is 1.49. The molecule has 0 amide bonds. The third-order valence-corrected chi connectivity index (χ3v) is 7.21. The Hall–Kier alpha value is -3.62. The summed E-state index contributed by atoms with van der Waals surface area (Å²) in [4.78, 5) is 6.95. The smallest absolute Gasteiger partial charge is 0.364 e. The van der Waals surface area contributed by atoms with E-state index in [-0.39, 0.29) is 5.56 Å².